The summed E-state index contributed by atoms with van der Waals surface area (Å²) in [5.41, 5.74) is 10.1. The molecule has 1 aromatic heterocycles. The van der Waals surface area contributed by atoms with Crippen LogP contribution in [0.4, 0.5) is 13.2 Å². The predicted octanol–water partition coefficient (Wildman–Crippen LogP) is 4.81. The van der Waals surface area contributed by atoms with E-state index < -0.39 is 11.7 Å². The van der Waals surface area contributed by atoms with Gasteiger partial charge in [-0.15, -0.1) is 0 Å². The maximum absolute atomic E-state index is 13.1. The molecule has 4 rings (SSSR count). The second-order valence-electron chi connectivity index (χ2n) is 8.31. The lowest BCUT2D eigenvalue weighted by Gasteiger charge is -2.23. The molecule has 0 saturated carbocycles. The minimum atomic E-state index is -4.39. The lowest BCUT2D eigenvalue weighted by Crippen LogP contribution is -2.34. The van der Waals surface area contributed by atoms with E-state index in [0.717, 1.165) is 41.9 Å². The highest BCUT2D eigenvalue weighted by atomic mass is 19.4. The van der Waals surface area contributed by atoms with Gasteiger partial charge in [0.1, 0.15) is 6.33 Å². The van der Waals surface area contributed by atoms with Crippen molar-refractivity contribution in [1.29, 1.82) is 0 Å². The maximum atomic E-state index is 13.1. The van der Waals surface area contributed by atoms with E-state index in [9.17, 15) is 18.0 Å². The number of rotatable bonds is 6. The number of benzene rings is 2. The van der Waals surface area contributed by atoms with Gasteiger partial charge in [-0.05, 0) is 48.6 Å². The molecule has 0 saturated heterocycles. The number of nitrogens with zero attached hydrogens (tertiary/aromatic N) is 3. The Kier molecular flexibility index (Phi) is 6.47. The maximum Gasteiger partial charge on any atom is 0.416 e. The van der Waals surface area contributed by atoms with Crippen molar-refractivity contribution in [2.45, 2.75) is 38.4 Å². The number of hydrogen-bond acceptors (Lipinski definition) is 4. The molecule has 2 aromatic carbocycles. The smallest absolute Gasteiger partial charge is 0.333 e. The molecule has 1 amide bonds. The molecule has 172 valence electrons. The lowest BCUT2D eigenvalue weighted by atomic mass is 9.98. The summed E-state index contributed by atoms with van der Waals surface area (Å²) in [6.07, 6.45) is -0.816. The van der Waals surface area contributed by atoms with Gasteiger partial charge in [0.15, 0.2) is 0 Å². The highest BCUT2D eigenvalue weighted by molar-refractivity contribution is 5.94. The Hall–Kier alpha value is -3.26. The van der Waals surface area contributed by atoms with Crippen molar-refractivity contribution in [3.63, 3.8) is 0 Å². The average Bonchev–Trinajstić information content (AvgIpc) is 3.19. The predicted molar refractivity (Wildman–Crippen MR) is 119 cm³/mol. The first-order valence-electron chi connectivity index (χ1n) is 10.9. The van der Waals surface area contributed by atoms with Crippen molar-refractivity contribution in [2.75, 3.05) is 13.1 Å². The van der Waals surface area contributed by atoms with Crippen molar-refractivity contribution in [3.05, 3.63) is 82.8 Å². The minimum absolute atomic E-state index is 0.173. The zero-order valence-electron chi connectivity index (χ0n) is 18.3. The largest absolute Gasteiger partial charge is 0.416 e. The topological polar surface area (TPSA) is 72.1 Å². The molecule has 5 nitrogen and oxygen atoms in total. The summed E-state index contributed by atoms with van der Waals surface area (Å²) >= 11 is 0. The van der Waals surface area contributed by atoms with Gasteiger partial charge in [0.05, 0.1) is 11.3 Å². The first kappa shape index (κ1) is 22.9. The number of alkyl halides is 3. The molecule has 8 heteroatoms. The molecular weight excluding hydrogens is 429 g/mol. The summed E-state index contributed by atoms with van der Waals surface area (Å²) in [6, 6.07) is 12.1. The van der Waals surface area contributed by atoms with Crippen LogP contribution in [0, 0.1) is 0 Å². The molecule has 0 spiro atoms. The number of aryl methyl sites for hydroxylation is 1. The van der Waals surface area contributed by atoms with E-state index in [1.54, 1.807) is 23.4 Å². The molecule has 1 unspecified atom stereocenters. The van der Waals surface area contributed by atoms with Crippen molar-refractivity contribution in [2.24, 2.45) is 5.73 Å². The number of halogens is 3. The highest BCUT2D eigenvalue weighted by Crippen LogP contribution is 2.37. The molecule has 1 aliphatic rings. The van der Waals surface area contributed by atoms with Crippen LogP contribution in [0.2, 0.25) is 0 Å². The molecule has 2 N–H and O–H groups in total. The third kappa shape index (κ3) is 4.90. The Bertz CT molecular complexity index is 1130. The number of fused-ring (bicyclic) bond motifs is 1. The van der Waals surface area contributed by atoms with Crippen LogP contribution in [-0.2, 0) is 19.1 Å². The van der Waals surface area contributed by atoms with Gasteiger partial charge < -0.3 is 10.6 Å². The van der Waals surface area contributed by atoms with E-state index in [1.807, 2.05) is 12.1 Å². The first-order chi connectivity index (χ1) is 15.8. The van der Waals surface area contributed by atoms with Crippen LogP contribution >= 0.6 is 0 Å². The van der Waals surface area contributed by atoms with Crippen LogP contribution in [0.5, 0.6) is 0 Å². The van der Waals surface area contributed by atoms with Gasteiger partial charge in [0.25, 0.3) is 5.91 Å². The van der Waals surface area contributed by atoms with E-state index in [1.165, 1.54) is 17.7 Å². The quantitative estimate of drug-likeness (QED) is 0.580. The van der Waals surface area contributed by atoms with Crippen LogP contribution in [0.15, 0.2) is 54.9 Å². The number of carbonyl (C=O) groups excluding carboxylic acids is 1. The van der Waals surface area contributed by atoms with E-state index in [-0.39, 0.29) is 19.0 Å². The standard InChI is InChI=1S/C25H25F3N4O/c1-16-2-11-21-22(16)23(31-15-30-21)18-5-7-19(8-6-18)24(33)32(13-12-29)14-17-3-9-20(10-4-17)25(26,27)28/h3-10,15-16H,2,11-14,29H2,1H3. The number of amides is 1. The zero-order chi connectivity index (χ0) is 23.6. The molecule has 33 heavy (non-hydrogen) atoms. The third-order valence-corrected chi connectivity index (χ3v) is 6.02. The summed E-state index contributed by atoms with van der Waals surface area (Å²) in [5, 5.41) is 0. The molecule has 0 bridgehead atoms. The van der Waals surface area contributed by atoms with Crippen molar-refractivity contribution in [1.82, 2.24) is 14.9 Å². The second kappa shape index (κ2) is 9.31. The van der Waals surface area contributed by atoms with Crippen LogP contribution in [-0.4, -0.2) is 33.9 Å². The minimum Gasteiger partial charge on any atom is -0.333 e. The van der Waals surface area contributed by atoms with Crippen molar-refractivity contribution < 1.29 is 18.0 Å². The van der Waals surface area contributed by atoms with Crippen LogP contribution < -0.4 is 5.73 Å². The van der Waals surface area contributed by atoms with E-state index in [4.69, 9.17) is 5.73 Å². The van der Waals surface area contributed by atoms with E-state index in [0.29, 0.717) is 23.6 Å². The fourth-order valence-corrected chi connectivity index (χ4v) is 4.26. The summed E-state index contributed by atoms with van der Waals surface area (Å²) in [5.74, 6) is 0.162. The summed E-state index contributed by atoms with van der Waals surface area (Å²) in [6.45, 7) is 2.88. The molecule has 3 aromatic rings. The fourth-order valence-electron chi connectivity index (χ4n) is 4.26. The van der Waals surface area contributed by atoms with Gasteiger partial charge in [-0.25, -0.2) is 9.97 Å². The SMILES string of the molecule is CC1CCc2ncnc(-c3ccc(C(=O)N(CCN)Cc4ccc(C(F)(F)F)cc4)cc3)c21. The fraction of sp³-hybridized carbons (Fsp3) is 0.320. The average molecular weight is 454 g/mol. The molecule has 1 heterocycles. The number of hydrogen-bond donors (Lipinski definition) is 1. The third-order valence-electron chi connectivity index (χ3n) is 6.02. The Balaban J connectivity index is 1.53. The zero-order valence-corrected chi connectivity index (χ0v) is 18.3. The first-order valence-corrected chi connectivity index (χ1v) is 10.9. The molecule has 0 aliphatic heterocycles. The molecular formula is C25H25F3N4O. The summed E-state index contributed by atoms with van der Waals surface area (Å²) < 4.78 is 38.4. The van der Waals surface area contributed by atoms with E-state index in [2.05, 4.69) is 16.9 Å². The Morgan fingerprint density at radius 1 is 1.09 bits per heavy atom. The van der Waals surface area contributed by atoms with E-state index >= 15 is 0 Å². The molecule has 0 radical (unpaired) electrons. The second-order valence-corrected chi connectivity index (χ2v) is 8.31. The Morgan fingerprint density at radius 3 is 2.42 bits per heavy atom. The van der Waals surface area contributed by atoms with Gasteiger partial charge in [0.2, 0.25) is 0 Å². The Labute approximate surface area is 190 Å². The number of nitrogens with two attached hydrogens (primary N) is 1. The van der Waals surface area contributed by atoms with Gasteiger partial charge in [0, 0.05) is 42.0 Å². The van der Waals surface area contributed by atoms with Gasteiger partial charge in [-0.1, -0.05) is 31.2 Å². The Morgan fingerprint density at radius 2 is 1.79 bits per heavy atom. The monoisotopic (exact) mass is 454 g/mol. The number of aromatic nitrogens is 2. The van der Waals surface area contributed by atoms with Gasteiger partial charge in [-0.2, -0.15) is 13.2 Å². The lowest BCUT2D eigenvalue weighted by molar-refractivity contribution is -0.137. The normalized spacial score (nSPS) is 15.4. The van der Waals surface area contributed by atoms with Crippen molar-refractivity contribution in [3.8, 4) is 11.3 Å². The van der Waals surface area contributed by atoms with Gasteiger partial charge >= 0.3 is 6.18 Å². The molecule has 1 aliphatic carbocycles. The summed E-state index contributed by atoms with van der Waals surface area (Å²) in [7, 11) is 0. The molecule has 1 atom stereocenters. The number of carbonyl (C=O) groups is 1. The summed E-state index contributed by atoms with van der Waals surface area (Å²) in [4.78, 5) is 23.5. The highest BCUT2D eigenvalue weighted by Gasteiger charge is 2.30. The van der Waals surface area contributed by atoms with Crippen molar-refractivity contribution >= 4 is 5.91 Å². The van der Waals surface area contributed by atoms with Crippen LogP contribution in [0.25, 0.3) is 11.3 Å². The van der Waals surface area contributed by atoms with Crippen LogP contribution in [0.3, 0.4) is 0 Å². The van der Waals surface area contributed by atoms with Crippen LogP contribution in [0.1, 0.15) is 52.0 Å². The molecule has 0 fully saturated rings. The van der Waals surface area contributed by atoms with Gasteiger partial charge in [-0.3, -0.25) is 4.79 Å².